The normalized spacial score (nSPS) is 11.7. The van der Waals surface area contributed by atoms with Gasteiger partial charge in [-0.05, 0) is 18.6 Å². The van der Waals surface area contributed by atoms with Crippen molar-refractivity contribution in [1.29, 1.82) is 0 Å². The molecule has 3 rings (SSSR count). The lowest BCUT2D eigenvalue weighted by Crippen LogP contribution is -2.25. The molecule has 0 spiro atoms. The zero-order chi connectivity index (χ0) is 16.7. The molecule has 0 fully saturated rings. The number of aromatic nitrogens is 2. The number of rotatable bonds is 5. The van der Waals surface area contributed by atoms with Crippen LogP contribution in [0.2, 0.25) is 0 Å². The summed E-state index contributed by atoms with van der Waals surface area (Å²) >= 11 is 0. The van der Waals surface area contributed by atoms with Crippen LogP contribution in [-0.2, 0) is 13.6 Å². The predicted molar refractivity (Wildman–Crippen MR) is 90.0 cm³/mol. The minimum Gasteiger partial charge on any atom is -0.277 e. The maximum absolute atomic E-state index is 12.4. The Morgan fingerprint density at radius 2 is 1.22 bits per heavy atom. The predicted octanol–water partition coefficient (Wildman–Crippen LogP) is 1.03. The van der Waals surface area contributed by atoms with Gasteiger partial charge >= 0.3 is 0 Å². The quantitative estimate of drug-likeness (QED) is 0.659. The van der Waals surface area contributed by atoms with Gasteiger partial charge in [-0.3, -0.25) is 28.3 Å². The van der Waals surface area contributed by atoms with Crippen LogP contribution in [0.3, 0.4) is 0 Å². The van der Waals surface area contributed by atoms with Crippen molar-refractivity contribution < 1.29 is 0 Å². The van der Waals surface area contributed by atoms with E-state index >= 15 is 0 Å². The van der Waals surface area contributed by atoms with Gasteiger partial charge in [0.25, 0.3) is 22.2 Å². The molecule has 0 saturated heterocycles. The molecule has 120 valence electrons. The maximum Gasteiger partial charge on any atom is 0.261 e. The molecule has 23 heavy (non-hydrogen) atoms. The summed E-state index contributed by atoms with van der Waals surface area (Å²) in [4.78, 5) is 48.9. The molecule has 0 bridgehead atoms. The van der Waals surface area contributed by atoms with Crippen LogP contribution < -0.4 is 22.2 Å². The lowest BCUT2D eigenvalue weighted by molar-refractivity contribution is 0.568. The van der Waals surface area contributed by atoms with Gasteiger partial charge in [0.2, 0.25) is 0 Å². The van der Waals surface area contributed by atoms with Gasteiger partial charge < -0.3 is 0 Å². The van der Waals surface area contributed by atoms with Gasteiger partial charge in [0.1, 0.15) is 0 Å². The molecule has 1 aromatic carbocycles. The number of fused-ring (bicyclic) bond motifs is 2. The van der Waals surface area contributed by atoms with Gasteiger partial charge in [-0.2, -0.15) is 0 Å². The number of hydrogen-bond donors (Lipinski definition) is 0. The van der Waals surface area contributed by atoms with E-state index in [-0.39, 0.29) is 32.7 Å². The Morgan fingerprint density at radius 3 is 1.70 bits per heavy atom. The molecule has 6 nitrogen and oxygen atoms in total. The number of nitrogens with zero attached hydrogens (tertiary/aromatic N) is 2. The third-order valence-corrected chi connectivity index (χ3v) is 4.41. The molecule has 0 radical (unpaired) electrons. The molecule has 0 N–H and O–H groups in total. The van der Waals surface area contributed by atoms with E-state index in [1.807, 2.05) is 0 Å². The van der Waals surface area contributed by atoms with Crippen LogP contribution in [0.4, 0.5) is 0 Å². The maximum atomic E-state index is 12.4. The molecule has 0 aliphatic carbocycles. The van der Waals surface area contributed by atoms with Crippen molar-refractivity contribution in [2.45, 2.75) is 39.2 Å². The Labute approximate surface area is 131 Å². The van der Waals surface area contributed by atoms with Crippen molar-refractivity contribution in [3.63, 3.8) is 0 Å². The smallest absolute Gasteiger partial charge is 0.261 e. The van der Waals surface area contributed by atoms with Gasteiger partial charge in [-0.15, -0.1) is 0 Å². The van der Waals surface area contributed by atoms with Crippen LogP contribution in [-0.4, -0.2) is 9.13 Å². The zero-order valence-corrected chi connectivity index (χ0v) is 13.2. The highest BCUT2D eigenvalue weighted by atomic mass is 16.2. The summed E-state index contributed by atoms with van der Waals surface area (Å²) < 4.78 is 2.21. The second kappa shape index (κ2) is 5.61. The molecule has 2 heterocycles. The van der Waals surface area contributed by atoms with Crippen molar-refractivity contribution in [3.8, 4) is 0 Å². The van der Waals surface area contributed by atoms with E-state index in [1.54, 1.807) is 0 Å². The molecule has 6 heteroatoms. The van der Waals surface area contributed by atoms with Crippen LogP contribution in [0, 0.1) is 0 Å². The Hall–Kier alpha value is -2.50. The van der Waals surface area contributed by atoms with Crippen LogP contribution >= 0.6 is 0 Å². The van der Waals surface area contributed by atoms with Gasteiger partial charge in [-0.25, -0.2) is 0 Å². The van der Waals surface area contributed by atoms with Crippen molar-refractivity contribution in [1.82, 2.24) is 9.13 Å². The van der Waals surface area contributed by atoms with E-state index in [9.17, 15) is 19.2 Å². The fraction of sp³-hybridized carbons (Fsp3) is 0.412. The van der Waals surface area contributed by atoms with Crippen molar-refractivity contribution in [2.24, 2.45) is 7.05 Å². The number of unbranched alkanes of at least 4 members (excludes halogenated alkanes) is 3. The average molecular weight is 314 g/mol. The SMILES string of the molecule is CCCCCCn1c(=O)c2cc3c(=O)n(C)c(=O)c3cc2c1=O. The average Bonchev–Trinajstić information content (AvgIpc) is 2.91. The van der Waals surface area contributed by atoms with E-state index in [2.05, 4.69) is 6.92 Å². The molecular weight excluding hydrogens is 296 g/mol. The summed E-state index contributed by atoms with van der Waals surface area (Å²) in [5.74, 6) is 0. The lowest BCUT2D eigenvalue weighted by Gasteiger charge is -1.99. The van der Waals surface area contributed by atoms with Crippen LogP contribution in [0.1, 0.15) is 32.6 Å². The highest BCUT2D eigenvalue weighted by Crippen LogP contribution is 2.14. The highest BCUT2D eigenvalue weighted by Gasteiger charge is 2.17. The molecule has 3 aromatic rings. The second-order valence-electron chi connectivity index (χ2n) is 5.94. The van der Waals surface area contributed by atoms with E-state index in [0.717, 1.165) is 30.3 Å². The van der Waals surface area contributed by atoms with Gasteiger partial charge in [0.15, 0.2) is 0 Å². The topological polar surface area (TPSA) is 78.1 Å². The minimum absolute atomic E-state index is 0.199. The monoisotopic (exact) mass is 314 g/mol. The first-order valence-electron chi connectivity index (χ1n) is 7.84. The minimum atomic E-state index is -0.436. The van der Waals surface area contributed by atoms with Crippen LogP contribution in [0.5, 0.6) is 0 Å². The fourth-order valence-electron chi connectivity index (χ4n) is 3.04. The second-order valence-corrected chi connectivity index (χ2v) is 5.94. The largest absolute Gasteiger partial charge is 0.277 e. The van der Waals surface area contributed by atoms with Crippen molar-refractivity contribution >= 4 is 21.5 Å². The molecule has 0 atom stereocenters. The third kappa shape index (κ3) is 2.25. The Balaban J connectivity index is 2.20. The third-order valence-electron chi connectivity index (χ3n) is 4.41. The van der Waals surface area contributed by atoms with Crippen molar-refractivity contribution in [3.05, 3.63) is 53.5 Å². The molecule has 2 aromatic heterocycles. The molecule has 0 unspecified atom stereocenters. The van der Waals surface area contributed by atoms with E-state index in [0.29, 0.717) is 6.54 Å². The molecule has 0 amide bonds. The van der Waals surface area contributed by atoms with E-state index < -0.39 is 11.1 Å². The van der Waals surface area contributed by atoms with Crippen molar-refractivity contribution in [2.75, 3.05) is 0 Å². The fourth-order valence-corrected chi connectivity index (χ4v) is 3.04. The highest BCUT2D eigenvalue weighted by molar-refractivity contribution is 5.97. The Morgan fingerprint density at radius 1 is 0.739 bits per heavy atom. The summed E-state index contributed by atoms with van der Waals surface area (Å²) in [5.41, 5.74) is -1.62. The molecule has 0 aliphatic rings. The summed E-state index contributed by atoms with van der Waals surface area (Å²) in [6, 6.07) is 2.78. The van der Waals surface area contributed by atoms with Crippen LogP contribution in [0.15, 0.2) is 31.3 Å². The lowest BCUT2D eigenvalue weighted by atomic mass is 10.1. The first kappa shape index (κ1) is 15.4. The van der Waals surface area contributed by atoms with Crippen LogP contribution in [0.25, 0.3) is 21.5 Å². The van der Waals surface area contributed by atoms with Gasteiger partial charge in [0, 0.05) is 13.6 Å². The summed E-state index contributed by atoms with van der Waals surface area (Å²) in [6.45, 7) is 2.47. The number of hydrogen-bond acceptors (Lipinski definition) is 4. The summed E-state index contributed by atoms with van der Waals surface area (Å²) in [5, 5.41) is 0.844. The Kier molecular flexibility index (Phi) is 3.75. The molecular formula is C17H18N2O4. The Bertz CT molecular complexity index is 1020. The van der Waals surface area contributed by atoms with E-state index in [4.69, 9.17) is 0 Å². The first-order chi connectivity index (χ1) is 11.0. The van der Waals surface area contributed by atoms with E-state index in [1.165, 1.54) is 23.7 Å². The standard InChI is InChI=1S/C17H18N2O4/c1-3-4-5-6-7-19-16(22)12-8-10-11(9-13(12)17(19)23)15(21)18(2)14(10)20/h8-9H,3-7H2,1-2H3. The van der Waals surface area contributed by atoms with Gasteiger partial charge in [0.05, 0.1) is 21.5 Å². The molecule has 0 saturated carbocycles. The van der Waals surface area contributed by atoms with Gasteiger partial charge in [-0.1, -0.05) is 26.2 Å². The number of benzene rings is 1. The first-order valence-corrected chi connectivity index (χ1v) is 7.84. The summed E-state index contributed by atoms with van der Waals surface area (Å²) in [6.07, 6.45) is 3.86. The molecule has 0 aliphatic heterocycles. The summed E-state index contributed by atoms with van der Waals surface area (Å²) in [7, 11) is 1.39. The zero-order valence-electron chi connectivity index (χ0n) is 13.2.